The highest BCUT2D eigenvalue weighted by molar-refractivity contribution is 4.98. The largest absolute Gasteiger partial charge is 0.329 e. The molecule has 0 aromatic carbocycles. The van der Waals surface area contributed by atoms with Crippen molar-refractivity contribution in [2.75, 3.05) is 13.6 Å². The van der Waals surface area contributed by atoms with Gasteiger partial charge in [0.05, 0.1) is 0 Å². The highest BCUT2D eigenvalue weighted by Gasteiger charge is 2.41. The van der Waals surface area contributed by atoms with E-state index >= 15 is 0 Å². The third-order valence-corrected chi connectivity index (χ3v) is 5.52. The van der Waals surface area contributed by atoms with Gasteiger partial charge < -0.3 is 5.73 Å². The number of rotatable bonds is 3. The average Bonchev–Trinajstić information content (AvgIpc) is 2.78. The van der Waals surface area contributed by atoms with Crippen LogP contribution in [0.5, 0.6) is 0 Å². The van der Waals surface area contributed by atoms with E-state index in [9.17, 15) is 0 Å². The average molecular weight is 238 g/mol. The van der Waals surface area contributed by atoms with E-state index in [2.05, 4.69) is 25.8 Å². The SMILES string of the molecule is CN(C1CCC(C)(C)CC1)C1(CN)CCCC1. The summed E-state index contributed by atoms with van der Waals surface area (Å²) in [5, 5.41) is 0. The number of likely N-dealkylation sites (N-methyl/N-ethyl adjacent to an activating group) is 1. The molecular formula is C15H30N2. The van der Waals surface area contributed by atoms with Gasteiger partial charge in [-0.2, -0.15) is 0 Å². The van der Waals surface area contributed by atoms with E-state index in [1.54, 1.807) is 0 Å². The molecule has 0 aromatic heterocycles. The maximum atomic E-state index is 6.09. The molecule has 2 nitrogen and oxygen atoms in total. The molecule has 0 bridgehead atoms. The predicted molar refractivity (Wildman–Crippen MR) is 74.1 cm³/mol. The molecule has 2 saturated carbocycles. The first-order chi connectivity index (χ1) is 7.99. The summed E-state index contributed by atoms with van der Waals surface area (Å²) in [4.78, 5) is 2.66. The van der Waals surface area contributed by atoms with Crippen LogP contribution in [0, 0.1) is 5.41 Å². The minimum Gasteiger partial charge on any atom is -0.329 e. The van der Waals surface area contributed by atoms with Gasteiger partial charge >= 0.3 is 0 Å². The van der Waals surface area contributed by atoms with Gasteiger partial charge in [0, 0.05) is 18.1 Å². The fourth-order valence-corrected chi connectivity index (χ4v) is 3.89. The molecular weight excluding hydrogens is 208 g/mol. The van der Waals surface area contributed by atoms with Crippen LogP contribution in [-0.4, -0.2) is 30.1 Å². The van der Waals surface area contributed by atoms with Gasteiger partial charge in [-0.1, -0.05) is 26.7 Å². The third kappa shape index (κ3) is 2.68. The fraction of sp³-hybridized carbons (Fsp3) is 1.00. The Kier molecular flexibility index (Phi) is 3.84. The zero-order valence-electron chi connectivity index (χ0n) is 12.0. The smallest absolute Gasteiger partial charge is 0.0331 e. The Morgan fingerprint density at radius 1 is 1.06 bits per heavy atom. The van der Waals surface area contributed by atoms with Gasteiger partial charge in [0.25, 0.3) is 0 Å². The fourth-order valence-electron chi connectivity index (χ4n) is 3.89. The second-order valence-electron chi connectivity index (χ2n) is 7.14. The van der Waals surface area contributed by atoms with Crippen molar-refractivity contribution in [1.82, 2.24) is 4.90 Å². The zero-order valence-corrected chi connectivity index (χ0v) is 12.0. The molecule has 0 radical (unpaired) electrons. The summed E-state index contributed by atoms with van der Waals surface area (Å²) >= 11 is 0. The first-order valence-electron chi connectivity index (χ1n) is 7.42. The van der Waals surface area contributed by atoms with Crippen molar-refractivity contribution in [3.63, 3.8) is 0 Å². The van der Waals surface area contributed by atoms with E-state index in [0.29, 0.717) is 11.0 Å². The van der Waals surface area contributed by atoms with Crippen LogP contribution in [0.1, 0.15) is 65.2 Å². The van der Waals surface area contributed by atoms with Crippen LogP contribution in [0.2, 0.25) is 0 Å². The van der Waals surface area contributed by atoms with Crippen molar-refractivity contribution < 1.29 is 0 Å². The highest BCUT2D eigenvalue weighted by atomic mass is 15.2. The lowest BCUT2D eigenvalue weighted by molar-refractivity contribution is 0.0397. The van der Waals surface area contributed by atoms with Crippen molar-refractivity contribution in [1.29, 1.82) is 0 Å². The van der Waals surface area contributed by atoms with Gasteiger partial charge in [-0.15, -0.1) is 0 Å². The molecule has 2 rings (SSSR count). The van der Waals surface area contributed by atoms with Crippen molar-refractivity contribution in [2.45, 2.75) is 76.8 Å². The van der Waals surface area contributed by atoms with Gasteiger partial charge in [0.15, 0.2) is 0 Å². The molecule has 100 valence electrons. The summed E-state index contributed by atoms with van der Waals surface area (Å²) < 4.78 is 0. The molecule has 2 aliphatic rings. The normalized spacial score (nSPS) is 28.8. The molecule has 0 saturated heterocycles. The molecule has 2 N–H and O–H groups in total. The molecule has 0 aromatic rings. The lowest BCUT2D eigenvalue weighted by atomic mass is 9.74. The monoisotopic (exact) mass is 238 g/mol. The van der Waals surface area contributed by atoms with Gasteiger partial charge in [0.1, 0.15) is 0 Å². The summed E-state index contributed by atoms with van der Waals surface area (Å²) in [7, 11) is 2.33. The van der Waals surface area contributed by atoms with Crippen LogP contribution in [0.4, 0.5) is 0 Å². The topological polar surface area (TPSA) is 29.3 Å². The van der Waals surface area contributed by atoms with Gasteiger partial charge in [-0.05, 0) is 51.0 Å². The lowest BCUT2D eigenvalue weighted by Crippen LogP contribution is -2.55. The number of nitrogens with zero attached hydrogens (tertiary/aromatic N) is 1. The van der Waals surface area contributed by atoms with E-state index < -0.39 is 0 Å². The molecule has 0 heterocycles. The van der Waals surface area contributed by atoms with Crippen LogP contribution in [0.3, 0.4) is 0 Å². The maximum Gasteiger partial charge on any atom is 0.0331 e. The van der Waals surface area contributed by atoms with Gasteiger partial charge in [-0.3, -0.25) is 4.90 Å². The summed E-state index contributed by atoms with van der Waals surface area (Å²) in [6, 6.07) is 0.782. The second-order valence-corrected chi connectivity index (χ2v) is 7.14. The first-order valence-corrected chi connectivity index (χ1v) is 7.42. The molecule has 0 spiro atoms. The molecule has 2 fully saturated rings. The van der Waals surface area contributed by atoms with Crippen molar-refractivity contribution in [3.8, 4) is 0 Å². The van der Waals surface area contributed by atoms with Crippen LogP contribution in [0.15, 0.2) is 0 Å². The summed E-state index contributed by atoms with van der Waals surface area (Å²) in [5.41, 5.74) is 7.00. The van der Waals surface area contributed by atoms with Crippen molar-refractivity contribution in [2.24, 2.45) is 11.1 Å². The molecule has 0 aliphatic heterocycles. The molecule has 17 heavy (non-hydrogen) atoms. The van der Waals surface area contributed by atoms with E-state index in [1.165, 1.54) is 51.4 Å². The van der Waals surface area contributed by atoms with Crippen LogP contribution >= 0.6 is 0 Å². The van der Waals surface area contributed by atoms with Crippen LogP contribution in [-0.2, 0) is 0 Å². The lowest BCUT2D eigenvalue weighted by Gasteiger charge is -2.47. The Balaban J connectivity index is 1.98. The Labute approximate surface area is 107 Å². The van der Waals surface area contributed by atoms with Gasteiger partial charge in [-0.25, -0.2) is 0 Å². The number of nitrogens with two attached hydrogens (primary N) is 1. The summed E-state index contributed by atoms with van der Waals surface area (Å²) in [6.07, 6.45) is 10.9. The van der Waals surface area contributed by atoms with Crippen molar-refractivity contribution >= 4 is 0 Å². The Morgan fingerprint density at radius 3 is 2.06 bits per heavy atom. The van der Waals surface area contributed by atoms with Crippen LogP contribution in [0.25, 0.3) is 0 Å². The van der Waals surface area contributed by atoms with E-state index in [4.69, 9.17) is 5.73 Å². The maximum absolute atomic E-state index is 6.09. The summed E-state index contributed by atoms with van der Waals surface area (Å²) in [6.45, 7) is 5.68. The minimum atomic E-state index is 0.339. The third-order valence-electron chi connectivity index (χ3n) is 5.52. The second kappa shape index (κ2) is 4.89. The number of hydrogen-bond donors (Lipinski definition) is 1. The van der Waals surface area contributed by atoms with Crippen molar-refractivity contribution in [3.05, 3.63) is 0 Å². The zero-order chi connectivity index (χ0) is 12.5. The van der Waals surface area contributed by atoms with E-state index in [0.717, 1.165) is 12.6 Å². The highest BCUT2D eigenvalue weighted by Crippen LogP contribution is 2.41. The first kappa shape index (κ1) is 13.4. The molecule has 0 unspecified atom stereocenters. The molecule has 0 atom stereocenters. The Bertz CT molecular complexity index is 244. The quantitative estimate of drug-likeness (QED) is 0.818. The molecule has 2 heteroatoms. The molecule has 2 aliphatic carbocycles. The van der Waals surface area contributed by atoms with E-state index in [1.807, 2.05) is 0 Å². The van der Waals surface area contributed by atoms with E-state index in [-0.39, 0.29) is 0 Å². The number of hydrogen-bond acceptors (Lipinski definition) is 2. The predicted octanol–water partition coefficient (Wildman–Crippen LogP) is 3.16. The van der Waals surface area contributed by atoms with Gasteiger partial charge in [0.2, 0.25) is 0 Å². The minimum absolute atomic E-state index is 0.339. The standard InChI is InChI=1S/C15H30N2/c1-14(2)10-6-13(7-11-14)17(3)15(12-16)8-4-5-9-15/h13H,4-12,16H2,1-3H3. The Morgan fingerprint density at radius 2 is 1.59 bits per heavy atom. The molecule has 0 amide bonds. The summed E-state index contributed by atoms with van der Waals surface area (Å²) in [5.74, 6) is 0. The van der Waals surface area contributed by atoms with Crippen LogP contribution < -0.4 is 5.73 Å². The Hall–Kier alpha value is -0.0800.